The molecule has 0 saturated heterocycles. The lowest BCUT2D eigenvalue weighted by Gasteiger charge is -2.09. The fraction of sp³-hybridized carbons (Fsp3) is 0.130. The molecule has 0 unspecified atom stereocenters. The summed E-state index contributed by atoms with van der Waals surface area (Å²) in [4.78, 5) is 30.7. The summed E-state index contributed by atoms with van der Waals surface area (Å²) in [5.74, 6) is -1.04. The molecule has 2 N–H and O–H groups in total. The van der Waals surface area contributed by atoms with Crippen molar-refractivity contribution in [3.05, 3.63) is 77.7 Å². The average Bonchev–Trinajstić information content (AvgIpc) is 3.19. The number of carboxylic acid groups (broad SMARTS) is 1. The van der Waals surface area contributed by atoms with Gasteiger partial charge in [-0.15, -0.1) is 0 Å². The molecule has 0 radical (unpaired) electrons. The third-order valence-corrected chi connectivity index (χ3v) is 4.35. The second-order valence-corrected chi connectivity index (χ2v) is 6.96. The number of hydrogen-bond donors (Lipinski definition) is 2. The van der Waals surface area contributed by atoms with Crippen LogP contribution in [0, 0.1) is 13.8 Å². The number of carbonyl (C=O) groups excluding carboxylic acids is 1. The number of nitrogens with one attached hydrogen (secondary N) is 1. The lowest BCUT2D eigenvalue weighted by molar-refractivity contribution is -0.192. The van der Waals surface area contributed by atoms with Gasteiger partial charge in [0.15, 0.2) is 5.76 Å². The molecule has 170 valence electrons. The van der Waals surface area contributed by atoms with E-state index in [-0.39, 0.29) is 5.91 Å². The summed E-state index contributed by atoms with van der Waals surface area (Å²) in [5, 5.41) is 10.8. The van der Waals surface area contributed by atoms with Crippen molar-refractivity contribution >= 4 is 28.6 Å². The molecule has 0 aliphatic carbocycles. The molecule has 1 amide bonds. The molecule has 0 atom stereocenters. The van der Waals surface area contributed by atoms with Crippen LogP contribution in [0.5, 0.6) is 0 Å². The first-order valence-corrected chi connectivity index (χ1v) is 9.55. The molecule has 0 aliphatic rings. The van der Waals surface area contributed by atoms with Gasteiger partial charge in [-0.2, -0.15) is 13.2 Å². The van der Waals surface area contributed by atoms with Crippen LogP contribution in [0.4, 0.5) is 19.0 Å². The highest BCUT2D eigenvalue weighted by Crippen LogP contribution is 2.26. The summed E-state index contributed by atoms with van der Waals surface area (Å²) >= 11 is 0. The minimum Gasteiger partial charge on any atom is -0.475 e. The molecule has 3 heterocycles. The number of furan rings is 1. The van der Waals surface area contributed by atoms with E-state index in [9.17, 15) is 18.0 Å². The first-order valence-electron chi connectivity index (χ1n) is 9.55. The maximum atomic E-state index is 12.9. The zero-order valence-corrected chi connectivity index (χ0v) is 17.5. The fourth-order valence-corrected chi connectivity index (χ4v) is 2.85. The second-order valence-electron chi connectivity index (χ2n) is 6.96. The predicted molar refractivity (Wildman–Crippen MR) is 115 cm³/mol. The molecule has 33 heavy (non-hydrogen) atoms. The third kappa shape index (κ3) is 5.94. The van der Waals surface area contributed by atoms with Crippen molar-refractivity contribution in [2.24, 2.45) is 0 Å². The number of nitrogens with zero attached hydrogens (tertiary/aromatic N) is 2. The molecule has 0 fully saturated rings. The van der Waals surface area contributed by atoms with E-state index in [2.05, 4.69) is 15.3 Å². The second kappa shape index (κ2) is 9.51. The van der Waals surface area contributed by atoms with Gasteiger partial charge in [0.2, 0.25) is 0 Å². The van der Waals surface area contributed by atoms with Crippen LogP contribution in [0.3, 0.4) is 0 Å². The fourth-order valence-electron chi connectivity index (χ4n) is 2.85. The molecular weight excluding hydrogens is 439 g/mol. The van der Waals surface area contributed by atoms with Gasteiger partial charge in [-0.05, 0) is 55.8 Å². The molecule has 0 bridgehead atoms. The van der Waals surface area contributed by atoms with E-state index in [1.165, 1.54) is 0 Å². The maximum absolute atomic E-state index is 12.9. The predicted octanol–water partition coefficient (Wildman–Crippen LogP) is 5.39. The van der Waals surface area contributed by atoms with Gasteiger partial charge in [0.05, 0.1) is 11.1 Å². The number of aryl methyl sites for hydroxylation is 2. The molecule has 3 aromatic heterocycles. The molecule has 1 aromatic carbocycles. The molecule has 0 spiro atoms. The Hall–Kier alpha value is -4.21. The number of alkyl halides is 3. The zero-order valence-electron chi connectivity index (χ0n) is 17.5. The number of halogens is 3. The topological polar surface area (TPSA) is 105 Å². The Morgan fingerprint density at radius 2 is 1.73 bits per heavy atom. The van der Waals surface area contributed by atoms with Gasteiger partial charge in [0.1, 0.15) is 17.3 Å². The Morgan fingerprint density at radius 1 is 1.03 bits per heavy atom. The van der Waals surface area contributed by atoms with Crippen molar-refractivity contribution in [3.63, 3.8) is 0 Å². The van der Waals surface area contributed by atoms with Crippen LogP contribution in [0.15, 0.2) is 65.2 Å². The average molecular weight is 457 g/mol. The van der Waals surface area contributed by atoms with Gasteiger partial charge in [-0.1, -0.05) is 18.2 Å². The number of anilines is 1. The van der Waals surface area contributed by atoms with Crippen LogP contribution in [0.2, 0.25) is 0 Å². The Kier molecular flexibility index (Phi) is 6.76. The van der Waals surface area contributed by atoms with E-state index in [0.717, 1.165) is 22.2 Å². The minimum atomic E-state index is -5.08. The van der Waals surface area contributed by atoms with Crippen molar-refractivity contribution in [1.29, 1.82) is 0 Å². The highest BCUT2D eigenvalue weighted by atomic mass is 19.4. The van der Waals surface area contributed by atoms with Crippen LogP contribution in [0.25, 0.3) is 22.4 Å². The smallest absolute Gasteiger partial charge is 0.475 e. The number of para-hydroxylation sites is 1. The maximum Gasteiger partial charge on any atom is 0.490 e. The number of benzene rings is 1. The number of fused-ring (bicyclic) bond motifs is 1. The van der Waals surface area contributed by atoms with E-state index in [1.54, 1.807) is 12.3 Å². The molecule has 10 heteroatoms. The Balaban J connectivity index is 0.000000383. The summed E-state index contributed by atoms with van der Waals surface area (Å²) in [5.41, 5.74) is 2.92. The number of carboxylic acids is 1. The normalized spacial score (nSPS) is 10.9. The number of rotatable bonds is 3. The lowest BCUT2D eigenvalue weighted by Crippen LogP contribution is -2.21. The monoisotopic (exact) mass is 457 g/mol. The van der Waals surface area contributed by atoms with Gasteiger partial charge in [0, 0.05) is 11.6 Å². The third-order valence-electron chi connectivity index (χ3n) is 4.35. The summed E-state index contributed by atoms with van der Waals surface area (Å²) in [7, 11) is 0. The zero-order chi connectivity index (χ0) is 24.2. The molecular formula is C23H18F3N3O4. The quantitative estimate of drug-likeness (QED) is 0.427. The van der Waals surface area contributed by atoms with Crippen molar-refractivity contribution in [2.45, 2.75) is 20.0 Å². The van der Waals surface area contributed by atoms with Gasteiger partial charge in [0.25, 0.3) is 5.91 Å². The Bertz CT molecular complexity index is 1320. The van der Waals surface area contributed by atoms with Crippen molar-refractivity contribution in [1.82, 2.24) is 9.97 Å². The van der Waals surface area contributed by atoms with Gasteiger partial charge in [-0.25, -0.2) is 14.8 Å². The van der Waals surface area contributed by atoms with Crippen LogP contribution in [-0.2, 0) is 4.79 Å². The number of pyridine rings is 2. The first kappa shape index (κ1) is 23.5. The summed E-state index contributed by atoms with van der Waals surface area (Å²) in [6, 6.07) is 16.8. The first-order chi connectivity index (χ1) is 15.5. The van der Waals surface area contributed by atoms with E-state index in [4.69, 9.17) is 14.3 Å². The molecule has 0 aliphatic heterocycles. The Labute approximate surface area is 185 Å². The number of aromatic nitrogens is 2. The molecule has 4 rings (SSSR count). The van der Waals surface area contributed by atoms with E-state index in [0.29, 0.717) is 22.8 Å². The highest BCUT2D eigenvalue weighted by molar-refractivity contribution is 6.12. The van der Waals surface area contributed by atoms with E-state index in [1.807, 2.05) is 62.4 Å². The van der Waals surface area contributed by atoms with Crippen LogP contribution >= 0.6 is 0 Å². The van der Waals surface area contributed by atoms with Gasteiger partial charge >= 0.3 is 12.1 Å². The standard InChI is InChI=1S/C21H17N3O2.C2HF3O2/c1-13-9-10-22-20(11-13)24-21(25)16-12-18(19-8-7-14(2)26-19)23-17-6-4-3-5-15(16)17;3-2(4,5)1(6)7/h3-12H,1-2H3,(H,22,24,25);(H,6,7). The summed E-state index contributed by atoms with van der Waals surface area (Å²) in [6.07, 6.45) is -3.41. The number of hydrogen-bond acceptors (Lipinski definition) is 5. The van der Waals surface area contributed by atoms with Gasteiger partial charge < -0.3 is 14.8 Å². The summed E-state index contributed by atoms with van der Waals surface area (Å²) < 4.78 is 37.4. The largest absolute Gasteiger partial charge is 0.490 e. The Morgan fingerprint density at radius 3 is 2.33 bits per heavy atom. The van der Waals surface area contributed by atoms with E-state index >= 15 is 0 Å². The number of carbonyl (C=O) groups is 2. The SMILES string of the molecule is Cc1ccnc(NC(=O)c2cc(-c3ccc(C)o3)nc3ccccc23)c1.O=C(O)C(F)(F)F. The van der Waals surface area contributed by atoms with Gasteiger partial charge in [-0.3, -0.25) is 4.79 Å². The lowest BCUT2D eigenvalue weighted by atomic mass is 10.1. The van der Waals surface area contributed by atoms with Crippen molar-refractivity contribution in [3.8, 4) is 11.5 Å². The number of amides is 1. The molecule has 7 nitrogen and oxygen atoms in total. The number of aliphatic carboxylic acids is 1. The van der Waals surface area contributed by atoms with Crippen LogP contribution in [-0.4, -0.2) is 33.1 Å². The van der Waals surface area contributed by atoms with E-state index < -0.39 is 12.1 Å². The van der Waals surface area contributed by atoms with Crippen LogP contribution in [0.1, 0.15) is 21.7 Å². The minimum absolute atomic E-state index is 0.230. The molecule has 0 saturated carbocycles. The highest BCUT2D eigenvalue weighted by Gasteiger charge is 2.38. The van der Waals surface area contributed by atoms with Crippen LogP contribution < -0.4 is 5.32 Å². The summed E-state index contributed by atoms with van der Waals surface area (Å²) in [6.45, 7) is 3.83. The van der Waals surface area contributed by atoms with Crippen molar-refractivity contribution < 1.29 is 32.3 Å². The molecule has 4 aromatic rings. The van der Waals surface area contributed by atoms with Crippen molar-refractivity contribution in [2.75, 3.05) is 5.32 Å².